The third-order valence-electron chi connectivity index (χ3n) is 3.85. The Kier molecular flexibility index (Phi) is 5.87. The standard InChI is InChI=1S/C16H24N2O2/c1-20-15-5-3-2-4-14(15)6-7-16(19)18-11-9-13-8-10-17-12-13/h2-5,13,17H,6-12H2,1H3,(H,18,19). The van der Waals surface area contributed by atoms with Crippen molar-refractivity contribution in [2.24, 2.45) is 5.92 Å². The Morgan fingerprint density at radius 1 is 1.45 bits per heavy atom. The highest BCUT2D eigenvalue weighted by atomic mass is 16.5. The zero-order chi connectivity index (χ0) is 14.2. The molecule has 1 aromatic carbocycles. The van der Waals surface area contributed by atoms with Crippen LogP contribution in [-0.2, 0) is 11.2 Å². The first-order chi connectivity index (χ1) is 9.79. The molecule has 1 fully saturated rings. The van der Waals surface area contributed by atoms with Crippen molar-refractivity contribution in [2.45, 2.75) is 25.7 Å². The maximum atomic E-state index is 11.8. The van der Waals surface area contributed by atoms with Crippen molar-refractivity contribution in [1.29, 1.82) is 0 Å². The summed E-state index contributed by atoms with van der Waals surface area (Å²) in [4.78, 5) is 11.8. The van der Waals surface area contributed by atoms with Gasteiger partial charge < -0.3 is 15.4 Å². The molecule has 1 amide bonds. The lowest BCUT2D eigenvalue weighted by Crippen LogP contribution is -2.26. The van der Waals surface area contributed by atoms with Crippen LogP contribution >= 0.6 is 0 Å². The number of nitrogens with one attached hydrogen (secondary N) is 2. The molecule has 0 aliphatic carbocycles. The first-order valence-electron chi connectivity index (χ1n) is 7.39. The Labute approximate surface area is 120 Å². The third kappa shape index (κ3) is 4.53. The molecule has 2 N–H and O–H groups in total. The van der Waals surface area contributed by atoms with E-state index >= 15 is 0 Å². The monoisotopic (exact) mass is 276 g/mol. The van der Waals surface area contributed by atoms with Gasteiger partial charge in [0.25, 0.3) is 0 Å². The zero-order valence-electron chi connectivity index (χ0n) is 12.2. The van der Waals surface area contributed by atoms with Crippen molar-refractivity contribution in [3.8, 4) is 5.75 Å². The molecule has 1 atom stereocenters. The molecule has 20 heavy (non-hydrogen) atoms. The summed E-state index contributed by atoms with van der Waals surface area (Å²) in [6.07, 6.45) is 3.55. The molecule has 0 spiro atoms. The summed E-state index contributed by atoms with van der Waals surface area (Å²) in [5.74, 6) is 1.71. The molecule has 0 saturated carbocycles. The molecule has 1 unspecified atom stereocenters. The number of methoxy groups -OCH3 is 1. The lowest BCUT2D eigenvalue weighted by atomic mass is 10.1. The zero-order valence-corrected chi connectivity index (χ0v) is 12.2. The highest BCUT2D eigenvalue weighted by molar-refractivity contribution is 5.76. The molecule has 1 saturated heterocycles. The minimum absolute atomic E-state index is 0.127. The Morgan fingerprint density at radius 2 is 2.30 bits per heavy atom. The quantitative estimate of drug-likeness (QED) is 0.797. The molecular weight excluding hydrogens is 252 g/mol. The number of benzene rings is 1. The SMILES string of the molecule is COc1ccccc1CCC(=O)NCCC1CCNC1. The van der Waals surface area contributed by atoms with E-state index in [0.717, 1.165) is 49.7 Å². The van der Waals surface area contributed by atoms with E-state index in [2.05, 4.69) is 10.6 Å². The van der Waals surface area contributed by atoms with Crippen LogP contribution in [0, 0.1) is 5.92 Å². The smallest absolute Gasteiger partial charge is 0.220 e. The summed E-state index contributed by atoms with van der Waals surface area (Å²) in [7, 11) is 1.66. The summed E-state index contributed by atoms with van der Waals surface area (Å²) in [6.45, 7) is 3.00. The van der Waals surface area contributed by atoms with Crippen LogP contribution in [0.4, 0.5) is 0 Å². The summed E-state index contributed by atoms with van der Waals surface area (Å²) in [6, 6.07) is 7.86. The molecule has 1 aliphatic rings. The Bertz CT molecular complexity index is 428. The predicted octanol–water partition coefficient (Wildman–Crippen LogP) is 1.74. The fraction of sp³-hybridized carbons (Fsp3) is 0.562. The van der Waals surface area contributed by atoms with Gasteiger partial charge in [0.1, 0.15) is 5.75 Å². The minimum atomic E-state index is 0.127. The molecule has 2 rings (SSSR count). The van der Waals surface area contributed by atoms with Gasteiger partial charge in [0.05, 0.1) is 7.11 Å². The van der Waals surface area contributed by atoms with E-state index in [1.54, 1.807) is 7.11 Å². The molecule has 0 radical (unpaired) electrons. The van der Waals surface area contributed by atoms with Crippen LogP contribution in [0.2, 0.25) is 0 Å². The minimum Gasteiger partial charge on any atom is -0.496 e. The van der Waals surface area contributed by atoms with Crippen LogP contribution in [0.1, 0.15) is 24.8 Å². The Hall–Kier alpha value is -1.55. The number of amides is 1. The molecule has 4 heteroatoms. The van der Waals surface area contributed by atoms with Gasteiger partial charge in [0.15, 0.2) is 0 Å². The number of aryl methyl sites for hydroxylation is 1. The van der Waals surface area contributed by atoms with Crippen LogP contribution in [0.25, 0.3) is 0 Å². The van der Waals surface area contributed by atoms with Gasteiger partial charge >= 0.3 is 0 Å². The van der Waals surface area contributed by atoms with E-state index in [1.807, 2.05) is 24.3 Å². The van der Waals surface area contributed by atoms with Gasteiger partial charge in [-0.1, -0.05) is 18.2 Å². The van der Waals surface area contributed by atoms with E-state index < -0.39 is 0 Å². The highest BCUT2D eigenvalue weighted by Crippen LogP contribution is 2.18. The van der Waals surface area contributed by atoms with Gasteiger partial charge in [-0.2, -0.15) is 0 Å². The molecule has 0 bridgehead atoms. The maximum absolute atomic E-state index is 11.8. The average molecular weight is 276 g/mol. The van der Waals surface area contributed by atoms with Gasteiger partial charge in [-0.15, -0.1) is 0 Å². The third-order valence-corrected chi connectivity index (χ3v) is 3.85. The number of carbonyl (C=O) groups is 1. The second kappa shape index (κ2) is 7.90. The average Bonchev–Trinajstić information content (AvgIpc) is 2.98. The highest BCUT2D eigenvalue weighted by Gasteiger charge is 2.14. The summed E-state index contributed by atoms with van der Waals surface area (Å²) in [5, 5.41) is 6.35. The van der Waals surface area contributed by atoms with Crippen LogP contribution < -0.4 is 15.4 Å². The second-order valence-corrected chi connectivity index (χ2v) is 5.31. The summed E-state index contributed by atoms with van der Waals surface area (Å²) in [5.41, 5.74) is 1.09. The summed E-state index contributed by atoms with van der Waals surface area (Å²) >= 11 is 0. The molecule has 4 nitrogen and oxygen atoms in total. The lowest BCUT2D eigenvalue weighted by molar-refractivity contribution is -0.121. The van der Waals surface area contributed by atoms with Crippen molar-refractivity contribution < 1.29 is 9.53 Å². The largest absolute Gasteiger partial charge is 0.496 e. The predicted molar refractivity (Wildman–Crippen MR) is 79.9 cm³/mol. The molecular formula is C16H24N2O2. The van der Waals surface area contributed by atoms with Gasteiger partial charge in [0, 0.05) is 13.0 Å². The fourth-order valence-electron chi connectivity index (χ4n) is 2.62. The van der Waals surface area contributed by atoms with Crippen molar-refractivity contribution >= 4 is 5.91 Å². The first-order valence-corrected chi connectivity index (χ1v) is 7.39. The van der Waals surface area contributed by atoms with Crippen LogP contribution in [0.15, 0.2) is 24.3 Å². The molecule has 1 aliphatic heterocycles. The Morgan fingerprint density at radius 3 is 3.05 bits per heavy atom. The van der Waals surface area contributed by atoms with Crippen molar-refractivity contribution in [1.82, 2.24) is 10.6 Å². The first kappa shape index (κ1) is 14.9. The number of ether oxygens (including phenoxy) is 1. The van der Waals surface area contributed by atoms with E-state index in [1.165, 1.54) is 6.42 Å². The van der Waals surface area contributed by atoms with E-state index in [9.17, 15) is 4.79 Å². The van der Waals surface area contributed by atoms with E-state index in [0.29, 0.717) is 6.42 Å². The summed E-state index contributed by atoms with van der Waals surface area (Å²) < 4.78 is 5.29. The number of para-hydroxylation sites is 1. The van der Waals surface area contributed by atoms with Crippen LogP contribution in [0.3, 0.4) is 0 Å². The molecule has 0 aromatic heterocycles. The van der Waals surface area contributed by atoms with Gasteiger partial charge in [-0.05, 0) is 49.9 Å². The van der Waals surface area contributed by atoms with Gasteiger partial charge in [0.2, 0.25) is 5.91 Å². The van der Waals surface area contributed by atoms with Crippen molar-refractivity contribution in [2.75, 3.05) is 26.7 Å². The van der Waals surface area contributed by atoms with Crippen molar-refractivity contribution in [3.05, 3.63) is 29.8 Å². The molecule has 1 aromatic rings. The van der Waals surface area contributed by atoms with E-state index in [4.69, 9.17) is 4.74 Å². The number of carbonyl (C=O) groups excluding carboxylic acids is 1. The molecule has 110 valence electrons. The van der Waals surface area contributed by atoms with Crippen molar-refractivity contribution in [3.63, 3.8) is 0 Å². The second-order valence-electron chi connectivity index (χ2n) is 5.31. The van der Waals surface area contributed by atoms with Crippen LogP contribution in [0.5, 0.6) is 5.75 Å². The number of hydrogen-bond acceptors (Lipinski definition) is 3. The maximum Gasteiger partial charge on any atom is 0.220 e. The van der Waals surface area contributed by atoms with Gasteiger partial charge in [-0.25, -0.2) is 0 Å². The number of rotatable bonds is 7. The van der Waals surface area contributed by atoms with E-state index in [-0.39, 0.29) is 5.91 Å². The Balaban J connectivity index is 1.66. The van der Waals surface area contributed by atoms with Crippen LogP contribution in [-0.4, -0.2) is 32.7 Å². The normalized spacial score (nSPS) is 17.9. The fourth-order valence-corrected chi connectivity index (χ4v) is 2.62. The lowest BCUT2D eigenvalue weighted by Gasteiger charge is -2.10. The van der Waals surface area contributed by atoms with Gasteiger partial charge in [-0.3, -0.25) is 4.79 Å². The number of hydrogen-bond donors (Lipinski definition) is 2. The topological polar surface area (TPSA) is 50.4 Å². The molecule has 1 heterocycles.